The summed E-state index contributed by atoms with van der Waals surface area (Å²) in [7, 11) is 9.78. The second-order valence-corrected chi connectivity index (χ2v) is 10.9. The zero-order valence-corrected chi connectivity index (χ0v) is 19.8. The van der Waals surface area contributed by atoms with E-state index in [0.717, 1.165) is 36.8 Å². The minimum absolute atomic E-state index is 0.556. The van der Waals surface area contributed by atoms with Crippen LogP contribution in [-0.4, -0.2) is 25.2 Å². The van der Waals surface area contributed by atoms with Crippen molar-refractivity contribution in [1.29, 1.82) is 0 Å². The van der Waals surface area contributed by atoms with E-state index in [-0.39, 0.29) is 0 Å². The Kier molecular flexibility index (Phi) is 13.8. The Balaban J connectivity index is 0.000000970. The van der Waals surface area contributed by atoms with E-state index in [0.29, 0.717) is 12.1 Å². The fourth-order valence-electron chi connectivity index (χ4n) is 4.75. The molecule has 0 aromatic heterocycles. The monoisotopic (exact) mass is 424 g/mol. The average Bonchev–Trinajstić information content (AvgIpc) is 2.56. The van der Waals surface area contributed by atoms with Crippen LogP contribution in [0, 0.1) is 23.7 Å². The first kappa shape index (κ1) is 24.3. The van der Waals surface area contributed by atoms with Gasteiger partial charge in [0.2, 0.25) is 0 Å². The Morgan fingerprint density at radius 2 is 0.960 bits per heavy atom. The van der Waals surface area contributed by atoms with Crippen molar-refractivity contribution in [3.05, 3.63) is 10.6 Å². The molecule has 2 aliphatic rings. The Morgan fingerprint density at radius 1 is 0.680 bits per heavy atom. The van der Waals surface area contributed by atoms with Gasteiger partial charge in [-0.05, 0) is 0 Å². The molecular formula is C20H38Cl2N2Ti-2. The fourth-order valence-corrected chi connectivity index (χ4v) is 4.75. The van der Waals surface area contributed by atoms with Crippen LogP contribution in [0.15, 0.2) is 0 Å². The molecule has 148 valence electrons. The summed E-state index contributed by atoms with van der Waals surface area (Å²) < 4.78 is 0. The Morgan fingerprint density at radius 3 is 1.24 bits per heavy atom. The van der Waals surface area contributed by atoms with Crippen LogP contribution in [0.1, 0.15) is 79.1 Å². The van der Waals surface area contributed by atoms with Crippen LogP contribution in [-0.2, 0) is 17.0 Å². The minimum atomic E-state index is -0.556. The number of rotatable bonds is 7. The first-order valence-electron chi connectivity index (χ1n) is 10.3. The van der Waals surface area contributed by atoms with Crippen LogP contribution in [0.25, 0.3) is 10.6 Å². The maximum atomic E-state index is 5.02. The molecule has 0 heterocycles. The standard InChI is InChI=1S/C20H38N2.2ClH.Ti/c1-15-9-7-10-16(2)19(15)21-13-5-6-14-22-20-17(3)11-8-12-18(20)4;;;/h15-20H,5-14H2,1-4H3;2*1H;/q-2;;;+2/p-2. The molecule has 0 aromatic carbocycles. The van der Waals surface area contributed by atoms with E-state index in [9.17, 15) is 0 Å². The molecule has 0 aliphatic heterocycles. The van der Waals surface area contributed by atoms with E-state index < -0.39 is 17.0 Å². The van der Waals surface area contributed by atoms with Gasteiger partial charge in [0.25, 0.3) is 0 Å². The van der Waals surface area contributed by atoms with Gasteiger partial charge in [-0.25, -0.2) is 0 Å². The molecule has 2 saturated carbocycles. The Bertz CT molecular complexity index is 283. The van der Waals surface area contributed by atoms with Gasteiger partial charge in [0.05, 0.1) is 0 Å². The predicted octanol–water partition coefficient (Wildman–Crippen LogP) is 7.54. The van der Waals surface area contributed by atoms with Crippen LogP contribution in [0.3, 0.4) is 0 Å². The number of halogens is 2. The molecule has 0 aromatic rings. The first-order chi connectivity index (χ1) is 12.0. The van der Waals surface area contributed by atoms with Gasteiger partial charge in [-0.2, -0.15) is 0 Å². The van der Waals surface area contributed by atoms with Crippen LogP contribution in [0.4, 0.5) is 0 Å². The zero-order chi connectivity index (χ0) is 18.7. The van der Waals surface area contributed by atoms with Crippen molar-refractivity contribution in [3.63, 3.8) is 0 Å². The van der Waals surface area contributed by atoms with Crippen molar-refractivity contribution in [2.24, 2.45) is 23.7 Å². The normalized spacial score (nSPS) is 35.6. The molecule has 0 N–H and O–H groups in total. The van der Waals surface area contributed by atoms with E-state index in [4.69, 9.17) is 29.2 Å². The molecule has 25 heavy (non-hydrogen) atoms. The third-order valence-corrected chi connectivity index (χ3v) is 6.22. The quantitative estimate of drug-likeness (QED) is 0.298. The molecule has 2 rings (SSSR count). The number of nitrogens with zero attached hydrogens (tertiary/aromatic N) is 2. The van der Waals surface area contributed by atoms with Crippen molar-refractivity contribution in [2.75, 3.05) is 13.1 Å². The van der Waals surface area contributed by atoms with Gasteiger partial charge in [0, 0.05) is 0 Å². The third kappa shape index (κ3) is 9.30. The summed E-state index contributed by atoms with van der Waals surface area (Å²) in [5.74, 6) is 3.21. The molecule has 2 nitrogen and oxygen atoms in total. The molecule has 2 fully saturated rings. The van der Waals surface area contributed by atoms with E-state index in [1.165, 1.54) is 51.4 Å². The zero-order valence-electron chi connectivity index (χ0n) is 16.7. The molecule has 2 aliphatic carbocycles. The van der Waals surface area contributed by atoms with Crippen LogP contribution < -0.4 is 0 Å². The van der Waals surface area contributed by atoms with Gasteiger partial charge in [0.15, 0.2) is 0 Å². The van der Waals surface area contributed by atoms with Crippen LogP contribution >= 0.6 is 18.6 Å². The van der Waals surface area contributed by atoms with Gasteiger partial charge in [-0.3, -0.25) is 0 Å². The van der Waals surface area contributed by atoms with Gasteiger partial charge >= 0.3 is 35.6 Å². The van der Waals surface area contributed by atoms with Crippen molar-refractivity contribution >= 4 is 18.6 Å². The van der Waals surface area contributed by atoms with E-state index in [1.54, 1.807) is 0 Å². The van der Waals surface area contributed by atoms with E-state index >= 15 is 0 Å². The summed E-state index contributed by atoms with van der Waals surface area (Å²) in [6.45, 7) is 11.7. The fraction of sp³-hybridized carbons (Fsp3) is 1.00. The Hall–Kier alpha value is 1.21. The summed E-state index contributed by atoms with van der Waals surface area (Å²) in [5.41, 5.74) is 0. The van der Waals surface area contributed by atoms with Gasteiger partial charge in [-0.15, -0.1) is 25.2 Å². The molecule has 5 heteroatoms. The third-order valence-electron chi connectivity index (χ3n) is 6.22. The van der Waals surface area contributed by atoms with Gasteiger partial charge in [0.1, 0.15) is 0 Å². The summed E-state index contributed by atoms with van der Waals surface area (Å²) in [4.78, 5) is 0. The van der Waals surface area contributed by atoms with Crippen molar-refractivity contribution in [3.8, 4) is 0 Å². The summed E-state index contributed by atoms with van der Waals surface area (Å²) in [5, 5.41) is 10.0. The van der Waals surface area contributed by atoms with Crippen LogP contribution in [0.2, 0.25) is 0 Å². The second kappa shape index (κ2) is 14.2. The number of unbranched alkanes of at least 4 members (excludes halogenated alkanes) is 1. The van der Waals surface area contributed by atoms with Gasteiger partial charge in [-0.1, -0.05) is 103 Å². The summed E-state index contributed by atoms with van der Waals surface area (Å²) in [6.07, 6.45) is 10.8. The average molecular weight is 425 g/mol. The number of hydrogen-bond donors (Lipinski definition) is 0. The second-order valence-electron chi connectivity index (χ2n) is 8.34. The molecule has 0 amide bonds. The molecular weight excluding hydrogens is 387 g/mol. The Labute approximate surface area is 173 Å². The first-order valence-corrected chi connectivity index (χ1v) is 14.6. The molecule has 0 bridgehead atoms. The van der Waals surface area contributed by atoms with Crippen molar-refractivity contribution in [2.45, 2.75) is 91.1 Å². The van der Waals surface area contributed by atoms with Crippen molar-refractivity contribution in [1.82, 2.24) is 0 Å². The number of hydrogen-bond acceptors (Lipinski definition) is 0. The van der Waals surface area contributed by atoms with E-state index in [1.807, 2.05) is 0 Å². The van der Waals surface area contributed by atoms with Crippen LogP contribution in [0.5, 0.6) is 0 Å². The molecule has 0 spiro atoms. The summed E-state index contributed by atoms with van der Waals surface area (Å²) in [6, 6.07) is 1.26. The molecule has 4 atom stereocenters. The topological polar surface area (TPSA) is 28.2 Å². The van der Waals surface area contributed by atoms with Crippen molar-refractivity contribution < 1.29 is 17.0 Å². The SMILES string of the molecule is CC1CCCC(C)C1[N-]CCCC[N-]C1C(C)CCCC1C.[Cl][Ti][Cl]. The summed E-state index contributed by atoms with van der Waals surface area (Å²) >= 11 is -0.556. The molecule has 0 saturated heterocycles. The predicted molar refractivity (Wildman–Crippen MR) is 109 cm³/mol. The van der Waals surface area contributed by atoms with E-state index in [2.05, 4.69) is 27.7 Å². The maximum absolute atomic E-state index is 5.02. The molecule has 0 radical (unpaired) electrons. The van der Waals surface area contributed by atoms with Gasteiger partial charge < -0.3 is 10.6 Å². The molecule has 4 unspecified atom stereocenters.